The standard InChI is InChI=1S/C8H8F3NS/c9-5-1-4(7(12)3-13)2-6(10)8(5)11/h1-2,7,13H,3,12H2. The topological polar surface area (TPSA) is 26.0 Å². The zero-order chi connectivity index (χ0) is 10.0. The van der Waals surface area contributed by atoms with Gasteiger partial charge in [-0.2, -0.15) is 12.6 Å². The molecule has 1 rings (SSSR count). The van der Waals surface area contributed by atoms with Gasteiger partial charge in [-0.3, -0.25) is 0 Å². The molecule has 0 saturated heterocycles. The van der Waals surface area contributed by atoms with E-state index in [0.717, 1.165) is 12.1 Å². The van der Waals surface area contributed by atoms with E-state index in [4.69, 9.17) is 5.73 Å². The molecule has 0 amide bonds. The lowest BCUT2D eigenvalue weighted by atomic mass is 10.1. The van der Waals surface area contributed by atoms with Crippen LogP contribution in [0.1, 0.15) is 11.6 Å². The maximum absolute atomic E-state index is 12.6. The summed E-state index contributed by atoms with van der Waals surface area (Å²) in [6, 6.07) is 1.16. The van der Waals surface area contributed by atoms with Crippen LogP contribution in [0.4, 0.5) is 13.2 Å². The van der Waals surface area contributed by atoms with Crippen LogP contribution >= 0.6 is 12.6 Å². The Morgan fingerprint density at radius 3 is 2.08 bits per heavy atom. The van der Waals surface area contributed by atoms with Crippen molar-refractivity contribution in [1.82, 2.24) is 0 Å². The van der Waals surface area contributed by atoms with Crippen LogP contribution in [-0.4, -0.2) is 5.75 Å². The van der Waals surface area contributed by atoms with Crippen LogP contribution in [0.15, 0.2) is 12.1 Å². The van der Waals surface area contributed by atoms with Crippen molar-refractivity contribution in [2.75, 3.05) is 5.75 Å². The molecule has 1 aromatic rings. The van der Waals surface area contributed by atoms with E-state index in [9.17, 15) is 13.2 Å². The minimum atomic E-state index is -1.48. The number of hydrogen-bond donors (Lipinski definition) is 2. The predicted octanol–water partition coefficient (Wildman–Crippen LogP) is 2.03. The van der Waals surface area contributed by atoms with E-state index in [0.29, 0.717) is 0 Å². The Bertz CT molecular complexity index is 293. The number of nitrogens with two attached hydrogens (primary N) is 1. The molecule has 0 heterocycles. The van der Waals surface area contributed by atoms with Gasteiger partial charge in [0.25, 0.3) is 0 Å². The van der Waals surface area contributed by atoms with E-state index in [1.54, 1.807) is 0 Å². The van der Waals surface area contributed by atoms with Crippen LogP contribution in [0.25, 0.3) is 0 Å². The molecule has 0 bridgehead atoms. The molecule has 1 aromatic carbocycles. The summed E-state index contributed by atoms with van der Waals surface area (Å²) in [5.74, 6) is -3.69. The maximum Gasteiger partial charge on any atom is 0.194 e. The number of benzene rings is 1. The lowest BCUT2D eigenvalue weighted by Crippen LogP contribution is -2.12. The third-order valence-electron chi connectivity index (χ3n) is 1.63. The number of halogens is 3. The largest absolute Gasteiger partial charge is 0.323 e. The molecule has 72 valence electrons. The molecule has 1 nitrogen and oxygen atoms in total. The highest BCUT2D eigenvalue weighted by atomic mass is 32.1. The molecule has 0 aliphatic rings. The molecule has 2 N–H and O–H groups in total. The van der Waals surface area contributed by atoms with Crippen molar-refractivity contribution in [3.8, 4) is 0 Å². The van der Waals surface area contributed by atoms with E-state index in [-0.39, 0.29) is 11.3 Å². The third kappa shape index (κ3) is 2.16. The molecule has 1 atom stereocenters. The molecule has 1 unspecified atom stereocenters. The smallest absolute Gasteiger partial charge is 0.194 e. The molecule has 0 aromatic heterocycles. The van der Waals surface area contributed by atoms with Gasteiger partial charge < -0.3 is 5.73 Å². The Hall–Kier alpha value is -0.680. The van der Waals surface area contributed by atoms with Gasteiger partial charge in [-0.25, -0.2) is 13.2 Å². The van der Waals surface area contributed by atoms with Gasteiger partial charge in [0.15, 0.2) is 17.5 Å². The highest BCUT2D eigenvalue weighted by Gasteiger charge is 2.13. The normalized spacial score (nSPS) is 13.0. The Kier molecular flexibility index (Phi) is 3.22. The highest BCUT2D eigenvalue weighted by Crippen LogP contribution is 2.18. The van der Waals surface area contributed by atoms with Gasteiger partial charge in [-0.1, -0.05) is 0 Å². The Morgan fingerprint density at radius 1 is 1.23 bits per heavy atom. The second-order valence-corrected chi connectivity index (χ2v) is 2.95. The number of rotatable bonds is 2. The maximum atomic E-state index is 12.6. The first kappa shape index (κ1) is 10.4. The highest BCUT2D eigenvalue weighted by molar-refractivity contribution is 7.80. The molecular weight excluding hydrogens is 199 g/mol. The molecule has 0 fully saturated rings. The molecule has 5 heteroatoms. The van der Waals surface area contributed by atoms with Crippen LogP contribution in [0.2, 0.25) is 0 Å². The first-order valence-corrected chi connectivity index (χ1v) is 4.20. The molecule has 0 aliphatic heterocycles. The van der Waals surface area contributed by atoms with Crippen LogP contribution < -0.4 is 5.73 Å². The SMILES string of the molecule is NC(CS)c1cc(F)c(F)c(F)c1. The van der Waals surface area contributed by atoms with E-state index < -0.39 is 23.5 Å². The fourth-order valence-electron chi connectivity index (χ4n) is 0.895. The monoisotopic (exact) mass is 207 g/mol. The van der Waals surface area contributed by atoms with Crippen LogP contribution in [0.3, 0.4) is 0 Å². The van der Waals surface area contributed by atoms with Gasteiger partial charge in [-0.05, 0) is 17.7 Å². The van der Waals surface area contributed by atoms with E-state index in [2.05, 4.69) is 12.6 Å². The van der Waals surface area contributed by atoms with Crippen molar-refractivity contribution in [2.45, 2.75) is 6.04 Å². The summed E-state index contributed by atoms with van der Waals surface area (Å²) >= 11 is 3.86. The van der Waals surface area contributed by atoms with Gasteiger partial charge in [0.05, 0.1) is 0 Å². The average molecular weight is 207 g/mol. The summed E-state index contributed by atoms with van der Waals surface area (Å²) < 4.78 is 37.8. The van der Waals surface area contributed by atoms with Gasteiger partial charge in [0.1, 0.15) is 0 Å². The molecule has 0 spiro atoms. The van der Waals surface area contributed by atoms with Crippen LogP contribution in [0, 0.1) is 17.5 Å². The van der Waals surface area contributed by atoms with Gasteiger partial charge in [0.2, 0.25) is 0 Å². The molecule has 13 heavy (non-hydrogen) atoms. The van der Waals surface area contributed by atoms with Gasteiger partial charge in [0, 0.05) is 11.8 Å². The molecule has 0 saturated carbocycles. The average Bonchev–Trinajstić information content (AvgIpc) is 2.12. The predicted molar refractivity (Wildman–Crippen MR) is 47.1 cm³/mol. The van der Waals surface area contributed by atoms with E-state index in [1.165, 1.54) is 0 Å². The number of hydrogen-bond acceptors (Lipinski definition) is 2. The Morgan fingerprint density at radius 2 is 1.69 bits per heavy atom. The third-order valence-corrected chi connectivity index (χ3v) is 2.02. The fourth-order valence-corrected chi connectivity index (χ4v) is 1.11. The molecule has 0 radical (unpaired) electrons. The first-order chi connectivity index (χ1) is 6.06. The van der Waals surface area contributed by atoms with Crippen LogP contribution in [0.5, 0.6) is 0 Å². The summed E-state index contributed by atoms with van der Waals surface area (Å²) in [6.07, 6.45) is 0. The van der Waals surface area contributed by atoms with Crippen molar-refractivity contribution in [3.63, 3.8) is 0 Å². The molecular formula is C8H8F3NS. The minimum Gasteiger partial charge on any atom is -0.323 e. The Labute approximate surface area is 79.2 Å². The Balaban J connectivity index is 3.13. The van der Waals surface area contributed by atoms with Gasteiger partial charge in [-0.15, -0.1) is 0 Å². The summed E-state index contributed by atoms with van der Waals surface area (Å²) in [6.45, 7) is 0. The zero-order valence-electron chi connectivity index (χ0n) is 6.60. The fraction of sp³-hybridized carbons (Fsp3) is 0.250. The van der Waals surface area contributed by atoms with Crippen LogP contribution in [-0.2, 0) is 0 Å². The van der Waals surface area contributed by atoms with E-state index in [1.807, 2.05) is 0 Å². The molecule has 0 aliphatic carbocycles. The van der Waals surface area contributed by atoms with Crippen molar-refractivity contribution < 1.29 is 13.2 Å². The van der Waals surface area contributed by atoms with E-state index >= 15 is 0 Å². The van der Waals surface area contributed by atoms with Crippen molar-refractivity contribution in [2.24, 2.45) is 5.73 Å². The lowest BCUT2D eigenvalue weighted by Gasteiger charge is -2.08. The van der Waals surface area contributed by atoms with Crippen molar-refractivity contribution in [3.05, 3.63) is 35.1 Å². The zero-order valence-corrected chi connectivity index (χ0v) is 7.49. The summed E-state index contributed by atoms with van der Waals surface area (Å²) in [5.41, 5.74) is 5.65. The summed E-state index contributed by atoms with van der Waals surface area (Å²) in [4.78, 5) is 0. The first-order valence-electron chi connectivity index (χ1n) is 3.57. The lowest BCUT2D eigenvalue weighted by molar-refractivity contribution is 0.444. The quantitative estimate of drug-likeness (QED) is 0.563. The van der Waals surface area contributed by atoms with Crippen molar-refractivity contribution in [1.29, 1.82) is 0 Å². The number of thiol groups is 1. The second kappa shape index (κ2) is 4.02. The van der Waals surface area contributed by atoms with Gasteiger partial charge >= 0.3 is 0 Å². The second-order valence-electron chi connectivity index (χ2n) is 2.59. The summed E-state index contributed by atoms with van der Waals surface area (Å²) in [7, 11) is 0. The summed E-state index contributed by atoms with van der Waals surface area (Å²) in [5, 5.41) is 0. The van der Waals surface area contributed by atoms with Crippen molar-refractivity contribution >= 4 is 12.6 Å². The minimum absolute atomic E-state index is 0.200.